The van der Waals surface area contributed by atoms with Crippen molar-refractivity contribution in [1.29, 1.82) is 0 Å². The molecular formula is C13H12ClF3N2S. The second-order valence-corrected chi connectivity index (χ2v) is 5.95. The molecule has 20 heavy (non-hydrogen) atoms. The van der Waals surface area contributed by atoms with Crippen LogP contribution < -0.4 is 5.32 Å². The lowest BCUT2D eigenvalue weighted by molar-refractivity contribution is -0.136. The quantitative estimate of drug-likeness (QED) is 0.856. The predicted octanol–water partition coefficient (Wildman–Crippen LogP) is 5.04. The Kier molecular flexibility index (Phi) is 4.25. The molecule has 1 heterocycles. The minimum Gasteiger partial charge on any atom is -0.378 e. The third-order valence-corrected chi connectivity index (χ3v) is 4.13. The molecule has 1 aromatic heterocycles. The third-order valence-electron chi connectivity index (χ3n) is 2.74. The average molecular weight is 321 g/mol. The Morgan fingerprint density at radius 3 is 2.55 bits per heavy atom. The molecule has 0 aliphatic carbocycles. The summed E-state index contributed by atoms with van der Waals surface area (Å²) in [4.78, 5) is 5.14. The summed E-state index contributed by atoms with van der Waals surface area (Å²) >= 11 is 7.33. The predicted molar refractivity (Wildman–Crippen MR) is 75.4 cm³/mol. The summed E-state index contributed by atoms with van der Waals surface area (Å²) in [5, 5.41) is 3.72. The zero-order valence-corrected chi connectivity index (χ0v) is 12.4. The molecule has 0 fully saturated rings. The standard InChI is InChI=1S/C13H12ClF3N2S/c1-7-11(20-8(2)19-7)6-18-12-9(13(15,16)17)4-3-5-10(12)14/h3-5,18H,6H2,1-2H3. The van der Waals surface area contributed by atoms with Crippen LogP contribution >= 0.6 is 22.9 Å². The highest BCUT2D eigenvalue weighted by atomic mass is 35.5. The van der Waals surface area contributed by atoms with E-state index in [1.807, 2.05) is 13.8 Å². The number of nitrogens with one attached hydrogen (secondary N) is 1. The summed E-state index contributed by atoms with van der Waals surface area (Å²) in [6, 6.07) is 3.74. The summed E-state index contributed by atoms with van der Waals surface area (Å²) in [7, 11) is 0. The van der Waals surface area contributed by atoms with Gasteiger partial charge in [-0.25, -0.2) is 4.98 Å². The SMILES string of the molecule is Cc1nc(C)c(CNc2c(Cl)cccc2C(F)(F)F)s1. The first-order chi connectivity index (χ1) is 9.29. The van der Waals surface area contributed by atoms with Gasteiger partial charge in [-0.3, -0.25) is 0 Å². The second kappa shape index (κ2) is 5.61. The number of hydrogen-bond donors (Lipinski definition) is 1. The Morgan fingerprint density at radius 1 is 1.30 bits per heavy atom. The number of nitrogens with zero attached hydrogens (tertiary/aromatic N) is 1. The summed E-state index contributed by atoms with van der Waals surface area (Å²) in [6.45, 7) is 3.96. The zero-order valence-electron chi connectivity index (χ0n) is 10.8. The van der Waals surface area contributed by atoms with Crippen molar-refractivity contribution in [3.05, 3.63) is 44.4 Å². The van der Waals surface area contributed by atoms with E-state index in [0.717, 1.165) is 21.6 Å². The van der Waals surface area contributed by atoms with E-state index >= 15 is 0 Å². The van der Waals surface area contributed by atoms with E-state index in [1.54, 1.807) is 0 Å². The van der Waals surface area contributed by atoms with Gasteiger partial charge in [0, 0.05) is 4.88 Å². The van der Waals surface area contributed by atoms with Gasteiger partial charge in [0.2, 0.25) is 0 Å². The fourth-order valence-electron chi connectivity index (χ4n) is 1.85. The Bertz CT molecular complexity index is 623. The first kappa shape index (κ1) is 15.1. The molecule has 0 radical (unpaired) electrons. The third kappa shape index (κ3) is 3.24. The van der Waals surface area contributed by atoms with Gasteiger partial charge in [0.15, 0.2) is 0 Å². The van der Waals surface area contributed by atoms with E-state index in [2.05, 4.69) is 10.3 Å². The summed E-state index contributed by atoms with van der Waals surface area (Å²) in [5.74, 6) is 0. The monoisotopic (exact) mass is 320 g/mol. The van der Waals surface area contributed by atoms with Gasteiger partial charge >= 0.3 is 6.18 Å². The number of rotatable bonds is 3. The molecule has 0 aliphatic rings. The lowest BCUT2D eigenvalue weighted by Crippen LogP contribution is -2.11. The molecule has 1 N–H and O–H groups in total. The molecule has 7 heteroatoms. The molecule has 0 amide bonds. The maximum absolute atomic E-state index is 12.9. The maximum atomic E-state index is 12.9. The van der Waals surface area contributed by atoms with E-state index < -0.39 is 11.7 Å². The van der Waals surface area contributed by atoms with Crippen molar-refractivity contribution in [2.45, 2.75) is 26.6 Å². The van der Waals surface area contributed by atoms with Crippen molar-refractivity contribution in [2.75, 3.05) is 5.32 Å². The van der Waals surface area contributed by atoms with Crippen LogP contribution in [0.5, 0.6) is 0 Å². The van der Waals surface area contributed by atoms with Crippen LogP contribution in [0.3, 0.4) is 0 Å². The van der Waals surface area contributed by atoms with Gasteiger partial charge in [-0.2, -0.15) is 13.2 Å². The molecule has 0 aliphatic heterocycles. The number of aromatic nitrogens is 1. The number of halogens is 4. The van der Waals surface area contributed by atoms with Crippen LogP contribution in [0.1, 0.15) is 21.1 Å². The average Bonchev–Trinajstić information content (AvgIpc) is 2.65. The molecule has 1 aromatic carbocycles. The maximum Gasteiger partial charge on any atom is 0.418 e. The van der Waals surface area contributed by atoms with Crippen LogP contribution in [0.2, 0.25) is 5.02 Å². The molecular weight excluding hydrogens is 309 g/mol. The molecule has 0 unspecified atom stereocenters. The largest absolute Gasteiger partial charge is 0.418 e. The summed E-state index contributed by atoms with van der Waals surface area (Å²) in [5.41, 5.74) is -0.0309. The molecule has 108 valence electrons. The summed E-state index contributed by atoms with van der Waals surface area (Å²) in [6.07, 6.45) is -4.44. The molecule has 2 nitrogen and oxygen atoms in total. The van der Waals surface area contributed by atoms with E-state index in [0.29, 0.717) is 0 Å². The Balaban J connectivity index is 2.27. The topological polar surface area (TPSA) is 24.9 Å². The lowest BCUT2D eigenvalue weighted by atomic mass is 10.1. The van der Waals surface area contributed by atoms with Gasteiger partial charge in [-0.1, -0.05) is 17.7 Å². The van der Waals surface area contributed by atoms with Crippen molar-refractivity contribution < 1.29 is 13.2 Å². The number of aryl methyl sites for hydroxylation is 2. The van der Waals surface area contributed by atoms with E-state index in [1.165, 1.54) is 23.5 Å². The molecule has 0 saturated carbocycles. The number of para-hydroxylation sites is 1. The van der Waals surface area contributed by atoms with Crippen LogP contribution in [0.4, 0.5) is 18.9 Å². The zero-order chi connectivity index (χ0) is 14.9. The van der Waals surface area contributed by atoms with Crippen LogP contribution in [0, 0.1) is 13.8 Å². The van der Waals surface area contributed by atoms with Gasteiger partial charge in [0.25, 0.3) is 0 Å². The number of anilines is 1. The minimum atomic E-state index is -4.44. The summed E-state index contributed by atoms with van der Waals surface area (Å²) < 4.78 is 38.8. The first-order valence-corrected chi connectivity index (χ1v) is 7.01. The molecule has 0 spiro atoms. The smallest absolute Gasteiger partial charge is 0.378 e. The van der Waals surface area contributed by atoms with Crippen molar-refractivity contribution >= 4 is 28.6 Å². The Labute approximate surface area is 123 Å². The number of benzene rings is 1. The molecule has 2 rings (SSSR count). The van der Waals surface area contributed by atoms with Gasteiger partial charge in [-0.15, -0.1) is 11.3 Å². The molecule has 0 atom stereocenters. The molecule has 0 saturated heterocycles. The second-order valence-electron chi connectivity index (χ2n) is 4.26. The highest BCUT2D eigenvalue weighted by Crippen LogP contribution is 2.38. The molecule has 0 bridgehead atoms. The number of thiazole rings is 1. The van der Waals surface area contributed by atoms with Crippen LogP contribution in [-0.4, -0.2) is 4.98 Å². The van der Waals surface area contributed by atoms with E-state index in [-0.39, 0.29) is 17.3 Å². The van der Waals surface area contributed by atoms with Gasteiger partial charge < -0.3 is 5.32 Å². The van der Waals surface area contributed by atoms with Crippen molar-refractivity contribution in [3.8, 4) is 0 Å². The fourth-order valence-corrected chi connectivity index (χ4v) is 2.96. The fraction of sp³-hybridized carbons (Fsp3) is 0.308. The highest BCUT2D eigenvalue weighted by molar-refractivity contribution is 7.11. The number of alkyl halides is 3. The van der Waals surface area contributed by atoms with Crippen LogP contribution in [0.15, 0.2) is 18.2 Å². The number of hydrogen-bond acceptors (Lipinski definition) is 3. The van der Waals surface area contributed by atoms with Crippen molar-refractivity contribution in [1.82, 2.24) is 4.98 Å². The molecule has 2 aromatic rings. The van der Waals surface area contributed by atoms with E-state index in [9.17, 15) is 13.2 Å². The minimum absolute atomic E-state index is 0.0544. The van der Waals surface area contributed by atoms with Gasteiger partial charge in [0.1, 0.15) is 0 Å². The lowest BCUT2D eigenvalue weighted by Gasteiger charge is -2.15. The van der Waals surface area contributed by atoms with Crippen LogP contribution in [0.25, 0.3) is 0 Å². The van der Waals surface area contributed by atoms with Crippen LogP contribution in [-0.2, 0) is 12.7 Å². The van der Waals surface area contributed by atoms with Crippen molar-refractivity contribution in [2.24, 2.45) is 0 Å². The Morgan fingerprint density at radius 2 is 2.00 bits per heavy atom. The van der Waals surface area contributed by atoms with E-state index in [4.69, 9.17) is 11.6 Å². The first-order valence-electron chi connectivity index (χ1n) is 5.81. The van der Waals surface area contributed by atoms with Gasteiger partial charge in [-0.05, 0) is 26.0 Å². The Hall–Kier alpha value is -1.27. The normalized spacial score (nSPS) is 11.7. The highest BCUT2D eigenvalue weighted by Gasteiger charge is 2.34. The van der Waals surface area contributed by atoms with Crippen molar-refractivity contribution in [3.63, 3.8) is 0 Å². The van der Waals surface area contributed by atoms with Gasteiger partial charge in [0.05, 0.1) is 33.5 Å².